The topological polar surface area (TPSA) is 372 Å². The predicted molar refractivity (Wildman–Crippen MR) is 202 cm³/mol. The number of nitrogens with zero attached hydrogens (tertiary/aromatic N) is 5. The van der Waals surface area contributed by atoms with Gasteiger partial charge in [-0.1, -0.05) is 0 Å². The quantitative estimate of drug-likeness (QED) is 0.0488. The molecule has 334 valence electrons. The van der Waals surface area contributed by atoms with Gasteiger partial charge in [-0.15, -0.1) is 0 Å². The molecule has 0 radical (unpaired) electrons. The van der Waals surface area contributed by atoms with Gasteiger partial charge >= 0.3 is 23.5 Å². The molecule has 12 atom stereocenters. The summed E-state index contributed by atoms with van der Waals surface area (Å²) in [6.45, 7) is 1.11. The molecule has 1 aromatic carbocycles. The second-order valence-electron chi connectivity index (χ2n) is 13.5. The Morgan fingerprint density at radius 3 is 2.21 bits per heavy atom. The van der Waals surface area contributed by atoms with Crippen molar-refractivity contribution in [1.82, 2.24) is 19.5 Å². The van der Waals surface area contributed by atoms with Gasteiger partial charge in [0.2, 0.25) is 0 Å². The second-order valence-corrected chi connectivity index (χ2v) is 18.0. The summed E-state index contributed by atoms with van der Waals surface area (Å²) in [5.74, 6) is -0.148. The second kappa shape index (κ2) is 18.4. The highest BCUT2D eigenvalue weighted by atomic mass is 31.3. The van der Waals surface area contributed by atoms with Gasteiger partial charge in [-0.3, -0.25) is 27.5 Å². The van der Waals surface area contributed by atoms with Crippen LogP contribution in [0.3, 0.4) is 0 Å². The van der Waals surface area contributed by atoms with Crippen LogP contribution in [0.2, 0.25) is 0 Å². The lowest BCUT2D eigenvalue weighted by atomic mass is 10.0. The Kier molecular flexibility index (Phi) is 14.0. The van der Waals surface area contributed by atoms with Gasteiger partial charge in [0.05, 0.1) is 39.9 Å². The number of methoxy groups -OCH3 is 2. The molecule has 0 spiro atoms. The summed E-state index contributed by atoms with van der Waals surface area (Å²) in [5, 5.41) is 32.4. The molecule has 4 aromatic rings. The molecule has 0 saturated carbocycles. The fourth-order valence-corrected chi connectivity index (χ4v) is 9.73. The number of aliphatic hydroxyl groups is 3. The van der Waals surface area contributed by atoms with E-state index in [-0.39, 0.29) is 22.5 Å². The third kappa shape index (κ3) is 10.4. The fourth-order valence-electron chi connectivity index (χ4n) is 6.54. The van der Waals surface area contributed by atoms with Crippen molar-refractivity contribution in [3.05, 3.63) is 66.0 Å². The number of aliphatic hydroxyl groups excluding tert-OH is 3. The van der Waals surface area contributed by atoms with Crippen LogP contribution in [0.25, 0.3) is 11.2 Å². The molecule has 12 unspecified atom stereocenters. The average Bonchev–Trinajstić information content (AvgIpc) is 3.85. The van der Waals surface area contributed by atoms with Crippen LogP contribution >= 0.6 is 23.5 Å². The van der Waals surface area contributed by atoms with Crippen molar-refractivity contribution < 1.29 is 94.4 Å². The molecular weight excluding hydrogens is 879 g/mol. The third-order valence-corrected chi connectivity index (χ3v) is 13.2. The number of benzene rings is 1. The lowest BCUT2D eigenvalue weighted by Crippen LogP contribution is -2.46. The van der Waals surface area contributed by atoms with E-state index in [1.165, 1.54) is 60.9 Å². The maximum atomic E-state index is 13.6. The van der Waals surface area contributed by atoms with Crippen LogP contribution < -0.4 is 25.5 Å². The van der Waals surface area contributed by atoms with E-state index in [0.29, 0.717) is 22.6 Å². The molecule has 0 aliphatic carbocycles. The summed E-state index contributed by atoms with van der Waals surface area (Å²) >= 11 is 0. The molecule has 5 heterocycles. The van der Waals surface area contributed by atoms with Gasteiger partial charge in [-0.2, -0.15) is 8.88 Å². The number of rotatable bonds is 18. The molecule has 2 aliphatic heterocycles. The summed E-state index contributed by atoms with van der Waals surface area (Å²) in [5.41, 5.74) is 12.4. The highest BCUT2D eigenvalue weighted by Crippen LogP contribution is 2.61. The monoisotopic (exact) mass is 922 g/mol. The van der Waals surface area contributed by atoms with Crippen LogP contribution in [0, 0.1) is 6.92 Å². The number of hydrogen-bond donors (Lipinski definition) is 8. The number of primary amides is 1. The van der Waals surface area contributed by atoms with Crippen LogP contribution in [0.4, 0.5) is 5.82 Å². The van der Waals surface area contributed by atoms with Crippen LogP contribution in [0.1, 0.15) is 47.0 Å². The van der Waals surface area contributed by atoms with E-state index in [9.17, 15) is 48.5 Å². The number of nitrogen functional groups attached to an aromatic ring is 1. The van der Waals surface area contributed by atoms with E-state index in [2.05, 4.69) is 19.3 Å². The highest BCUT2D eigenvalue weighted by Gasteiger charge is 2.52. The minimum absolute atomic E-state index is 0.0189. The first-order chi connectivity index (χ1) is 28.6. The molecule has 2 saturated heterocycles. The Balaban J connectivity index is 1.13. The average molecular weight is 923 g/mol. The molecule has 0 bridgehead atoms. The lowest BCUT2D eigenvalue weighted by Gasteiger charge is -2.26. The smallest absolute Gasteiger partial charge is 0.481 e. The summed E-state index contributed by atoms with van der Waals surface area (Å²) in [6.07, 6.45) is -9.48. The number of imidazole rings is 1. The first kappa shape index (κ1) is 46.5. The Hall–Kier alpha value is -4.04. The van der Waals surface area contributed by atoms with E-state index in [1.807, 2.05) is 0 Å². The van der Waals surface area contributed by atoms with E-state index >= 15 is 0 Å². The summed E-state index contributed by atoms with van der Waals surface area (Å²) in [7, 11) is -13.4. The van der Waals surface area contributed by atoms with Crippen LogP contribution in [-0.4, -0.2) is 119 Å². The summed E-state index contributed by atoms with van der Waals surface area (Å²) < 4.78 is 88.7. The Morgan fingerprint density at radius 2 is 1.57 bits per heavy atom. The number of aryl methyl sites for hydroxylation is 1. The molecule has 2 fully saturated rings. The van der Waals surface area contributed by atoms with Crippen LogP contribution in [0.15, 0.2) is 49.3 Å². The van der Waals surface area contributed by atoms with Crippen LogP contribution in [0.5, 0.6) is 11.5 Å². The number of pyridine rings is 1. The zero-order valence-corrected chi connectivity index (χ0v) is 35.1. The maximum Gasteiger partial charge on any atom is 0.481 e. The summed E-state index contributed by atoms with van der Waals surface area (Å²) in [6, 6.07) is 5.96. The molecule has 61 heavy (non-hydrogen) atoms. The van der Waals surface area contributed by atoms with Gasteiger partial charge in [-0.25, -0.2) is 28.6 Å². The number of anilines is 1. The lowest BCUT2D eigenvalue weighted by molar-refractivity contribution is -0.765. The Morgan fingerprint density at radius 1 is 0.934 bits per heavy atom. The third-order valence-electron chi connectivity index (χ3n) is 9.48. The molecule has 2 aliphatic rings. The molecular formula is C32H43N7O19P3+. The number of ether oxygens (including phenoxy) is 4. The SMILES string of the molecule is COc1cc(C)c(C(C)OP(=O)(O)OC2C(O)C(COP(=O)(O)OP(=O)(O)OCC3OC([n+]4cccc(C(N)=O)c4)C(O)C3O)OC2n2cnc3c(N)ncnc32)cc1OC. The maximum absolute atomic E-state index is 13.6. The van der Waals surface area contributed by atoms with Crippen molar-refractivity contribution in [2.24, 2.45) is 5.73 Å². The van der Waals surface area contributed by atoms with Crippen molar-refractivity contribution in [3.8, 4) is 11.5 Å². The molecule has 6 rings (SSSR count). The van der Waals surface area contributed by atoms with Gasteiger partial charge in [0, 0.05) is 6.07 Å². The van der Waals surface area contributed by atoms with E-state index in [4.69, 9.17) is 48.5 Å². The summed E-state index contributed by atoms with van der Waals surface area (Å²) in [4.78, 5) is 55.4. The normalized spacial score (nSPS) is 27.6. The molecule has 29 heteroatoms. The van der Waals surface area contributed by atoms with Gasteiger partial charge in [-0.05, 0) is 43.2 Å². The van der Waals surface area contributed by atoms with Gasteiger partial charge in [0.1, 0.15) is 47.9 Å². The van der Waals surface area contributed by atoms with E-state index < -0.39 is 97.8 Å². The number of phosphoric acid groups is 3. The van der Waals surface area contributed by atoms with Crippen LogP contribution in [-0.2, 0) is 45.6 Å². The minimum Gasteiger partial charge on any atom is -0.493 e. The Bertz CT molecular complexity index is 2390. The number of carbonyl (C=O) groups is 1. The van der Waals surface area contributed by atoms with Gasteiger partial charge in [0.15, 0.2) is 47.7 Å². The minimum atomic E-state index is -5.59. The van der Waals surface area contributed by atoms with Gasteiger partial charge in [0.25, 0.3) is 12.1 Å². The number of fused-ring (bicyclic) bond motifs is 1. The van der Waals surface area contributed by atoms with Crippen molar-refractivity contribution in [3.63, 3.8) is 0 Å². The van der Waals surface area contributed by atoms with E-state index in [1.54, 1.807) is 13.0 Å². The molecule has 26 nitrogen and oxygen atoms in total. The largest absolute Gasteiger partial charge is 0.493 e. The number of carbonyl (C=O) groups excluding carboxylic acids is 1. The van der Waals surface area contributed by atoms with E-state index in [0.717, 1.165) is 12.7 Å². The first-order valence-electron chi connectivity index (χ1n) is 17.8. The first-order valence-corrected chi connectivity index (χ1v) is 22.3. The van der Waals surface area contributed by atoms with Gasteiger partial charge < -0.3 is 60.4 Å². The molecule has 1 amide bonds. The fraction of sp³-hybridized carbons (Fsp3) is 0.469. The van der Waals surface area contributed by atoms with Crippen molar-refractivity contribution in [2.45, 2.75) is 69.0 Å². The zero-order chi connectivity index (χ0) is 44.6. The number of aromatic nitrogens is 5. The molecule has 3 aromatic heterocycles. The Labute approximate surface area is 345 Å². The number of nitrogens with two attached hydrogens (primary N) is 2. The van der Waals surface area contributed by atoms with Crippen molar-refractivity contribution in [1.29, 1.82) is 0 Å². The zero-order valence-electron chi connectivity index (χ0n) is 32.5. The number of hydrogen-bond acceptors (Lipinski definition) is 20. The van der Waals surface area contributed by atoms with Crippen molar-refractivity contribution >= 4 is 46.4 Å². The predicted octanol–water partition coefficient (Wildman–Crippen LogP) is 0.212. The number of amides is 1. The standard InChI is InChI=1S/C32H42N7O19P3/c1-15-8-19(50-3)20(51-4)9-18(15)16(2)56-61(48,49)57-27-25(41)22(55-32(27)39-14-37-23-28(33)35-13-36-30(23)39)12-53-60(46,47)58-59(44,45)52-11-21-24(40)26(42)31(54-21)38-7-5-6-17(10-38)29(34)43/h5-10,13-14,16,21-22,24-27,31-32,40-42H,11-12H2,1-4H3,(H6-,33,34,35,36,43,44,45,46,47,48,49)/p+1. The van der Waals surface area contributed by atoms with Crippen molar-refractivity contribution in [2.75, 3.05) is 33.2 Å². The number of phosphoric ester groups is 3. The molecule has 10 N–H and O–H groups in total. The highest BCUT2D eigenvalue weighted by molar-refractivity contribution is 7.61.